The van der Waals surface area contributed by atoms with E-state index in [4.69, 9.17) is 0 Å². The molecule has 5 amide bonds. The summed E-state index contributed by atoms with van der Waals surface area (Å²) in [6.07, 6.45) is 4.12. The minimum Gasteiger partial charge on any atom is -0.478 e. The zero-order valence-electron chi connectivity index (χ0n) is 38.5. The van der Waals surface area contributed by atoms with Gasteiger partial charge in [0, 0.05) is 30.6 Å². The number of para-hydroxylation sites is 1. The molecule has 18 nitrogen and oxygen atoms in total. The minimum absolute atomic E-state index is 0.0161. The molecule has 2 aromatic heterocycles. The normalized spacial score (nSPS) is 15.3. The number of unbranched alkanes of at least 4 members (excludes halogenated alkanes) is 1. The van der Waals surface area contributed by atoms with Crippen molar-refractivity contribution in [1.29, 1.82) is 5.26 Å². The van der Waals surface area contributed by atoms with E-state index in [1.807, 2.05) is 44.2 Å². The molecule has 70 heavy (non-hydrogen) atoms. The predicted molar refractivity (Wildman–Crippen MR) is 262 cm³/mol. The van der Waals surface area contributed by atoms with Crippen LogP contribution in [0, 0.1) is 18.3 Å². The molecule has 1 fully saturated rings. The lowest BCUT2D eigenvalue weighted by molar-refractivity contribution is -0.141. The summed E-state index contributed by atoms with van der Waals surface area (Å²) in [6, 6.07) is 26.6. The Morgan fingerprint density at radius 2 is 1.69 bits per heavy atom. The van der Waals surface area contributed by atoms with Gasteiger partial charge < -0.3 is 36.4 Å². The summed E-state index contributed by atoms with van der Waals surface area (Å²) in [5.41, 5.74) is 6.87. The van der Waals surface area contributed by atoms with Crippen LogP contribution >= 0.6 is 11.3 Å². The molecule has 19 heteroatoms. The average molecular weight is 963 g/mol. The molecule has 0 aliphatic carbocycles. The fourth-order valence-corrected chi connectivity index (χ4v) is 8.73. The van der Waals surface area contributed by atoms with E-state index in [0.717, 1.165) is 21.7 Å². The zero-order chi connectivity index (χ0) is 49.9. The van der Waals surface area contributed by atoms with E-state index in [2.05, 4.69) is 36.6 Å². The van der Waals surface area contributed by atoms with Gasteiger partial charge >= 0.3 is 5.97 Å². The summed E-state index contributed by atoms with van der Waals surface area (Å²) in [6.45, 7) is 5.37. The number of anilines is 2. The summed E-state index contributed by atoms with van der Waals surface area (Å²) >= 11 is 1.56. The molecule has 3 heterocycles. The van der Waals surface area contributed by atoms with Crippen molar-refractivity contribution >= 4 is 64.3 Å². The van der Waals surface area contributed by atoms with Gasteiger partial charge in [0.25, 0.3) is 11.8 Å². The van der Waals surface area contributed by atoms with Gasteiger partial charge in [0.05, 0.1) is 57.1 Å². The Balaban J connectivity index is 0.840. The van der Waals surface area contributed by atoms with Crippen LogP contribution in [0.1, 0.15) is 88.8 Å². The summed E-state index contributed by atoms with van der Waals surface area (Å²) in [7, 11) is 0. The van der Waals surface area contributed by atoms with E-state index in [0.29, 0.717) is 47.5 Å². The maximum Gasteiger partial charge on any atom is 0.337 e. The van der Waals surface area contributed by atoms with Gasteiger partial charge in [-0.15, -0.1) is 16.4 Å². The van der Waals surface area contributed by atoms with Crippen LogP contribution in [0.2, 0.25) is 0 Å². The van der Waals surface area contributed by atoms with Crippen LogP contribution in [-0.4, -0.2) is 95.3 Å². The number of hydrogen-bond donors (Lipinski definition) is 6. The summed E-state index contributed by atoms with van der Waals surface area (Å²) in [5.74, 6) is -3.59. The van der Waals surface area contributed by atoms with E-state index < -0.39 is 41.9 Å². The third-order valence-electron chi connectivity index (χ3n) is 11.6. The number of hydrogen-bond acceptors (Lipinski definition) is 12. The van der Waals surface area contributed by atoms with Gasteiger partial charge in [-0.25, -0.2) is 14.5 Å². The number of carbonyl (C=O) groups excluding carboxylic acids is 5. The largest absolute Gasteiger partial charge is 0.478 e. The van der Waals surface area contributed by atoms with Crippen molar-refractivity contribution in [2.24, 2.45) is 0 Å². The number of nitriles is 1. The lowest BCUT2D eigenvalue weighted by atomic mass is 10.0. The third kappa shape index (κ3) is 12.4. The van der Waals surface area contributed by atoms with Crippen LogP contribution < -0.4 is 21.3 Å². The molecule has 0 unspecified atom stereocenters. The van der Waals surface area contributed by atoms with E-state index in [-0.39, 0.29) is 54.1 Å². The van der Waals surface area contributed by atoms with Crippen LogP contribution in [0.5, 0.6) is 0 Å². The number of rotatable bonds is 18. The molecular formula is C51H50N10O8S. The Hall–Kier alpha value is -8.34. The average Bonchev–Trinajstić information content (AvgIpc) is 4.12. The van der Waals surface area contributed by atoms with Gasteiger partial charge in [-0.1, -0.05) is 53.7 Å². The highest BCUT2D eigenvalue weighted by Crippen LogP contribution is 2.29. The molecule has 1 aliphatic heterocycles. The van der Waals surface area contributed by atoms with E-state index in [1.54, 1.807) is 89.2 Å². The number of β-amino-alcohol motifs (C(OH)–C–C–N with tert-alkyl or cyclic N) is 1. The second kappa shape index (κ2) is 22.6. The Morgan fingerprint density at radius 3 is 2.40 bits per heavy atom. The first-order valence-corrected chi connectivity index (χ1v) is 23.3. The van der Waals surface area contributed by atoms with Crippen molar-refractivity contribution in [1.82, 2.24) is 35.5 Å². The zero-order valence-corrected chi connectivity index (χ0v) is 39.3. The number of nitrogens with zero attached hydrogens (tertiary/aromatic N) is 6. The molecule has 4 aromatic carbocycles. The van der Waals surface area contributed by atoms with Crippen molar-refractivity contribution in [2.45, 2.75) is 77.1 Å². The fourth-order valence-electron chi connectivity index (χ4n) is 7.91. The molecule has 6 N–H and O–H groups in total. The van der Waals surface area contributed by atoms with Crippen LogP contribution in [0.25, 0.3) is 22.2 Å². The van der Waals surface area contributed by atoms with Gasteiger partial charge in [0.15, 0.2) is 0 Å². The number of amides is 5. The van der Waals surface area contributed by atoms with Crippen LogP contribution in [0.4, 0.5) is 11.4 Å². The standard InChI is InChI=1S/C51H50N10O8S/c1-30(34-15-17-35(18-16-34)46-31(2)53-29-70-46)55-49(66)44-25-41(62)28-60(44)50(67)32(3)54-45(63)14-7-4-10-39-27-61(59-58-39)40-21-19-36(20-22-40)47(64)56-38-11-8-9-33(24-38)23-37(26-52)48(65)57-43-13-6-5-12-42(43)51(68)69/h5-6,8-9,11-13,15-24,27,29-30,32,41,44,62H,4,7,10,14,25,28H2,1-3H3,(H,54,63)(H,55,66)(H,56,64)(H,57,65)(H,68,69)/b37-23+/t30-,32-,41+,44-/m0/s1. The monoisotopic (exact) mass is 962 g/mol. The van der Waals surface area contributed by atoms with E-state index in [1.165, 1.54) is 29.2 Å². The van der Waals surface area contributed by atoms with Crippen molar-refractivity contribution in [3.8, 4) is 22.2 Å². The number of carbonyl (C=O) groups is 6. The first kappa shape index (κ1) is 49.6. The molecule has 1 aliphatic rings. The van der Waals surface area contributed by atoms with Crippen LogP contribution in [0.15, 0.2) is 114 Å². The van der Waals surface area contributed by atoms with Crippen molar-refractivity contribution in [2.75, 3.05) is 17.2 Å². The van der Waals surface area contributed by atoms with Gasteiger partial charge in [-0.3, -0.25) is 24.0 Å². The fraction of sp³-hybridized carbons (Fsp3) is 0.255. The number of likely N-dealkylation sites (tertiary alicyclic amines) is 1. The number of aliphatic hydroxyl groups excluding tert-OH is 1. The molecule has 7 rings (SSSR count). The number of benzene rings is 4. The Labute approximate surface area is 407 Å². The topological polar surface area (TPSA) is 262 Å². The van der Waals surface area contributed by atoms with E-state index in [9.17, 15) is 44.2 Å². The number of aryl methyl sites for hydroxylation is 2. The Bertz CT molecular complexity index is 2980. The smallest absolute Gasteiger partial charge is 0.337 e. The number of nitrogens with one attached hydrogen (secondary N) is 4. The summed E-state index contributed by atoms with van der Waals surface area (Å²) in [4.78, 5) is 84.1. The second-order valence-electron chi connectivity index (χ2n) is 16.8. The molecule has 0 radical (unpaired) electrons. The van der Waals surface area contributed by atoms with E-state index >= 15 is 0 Å². The van der Waals surface area contributed by atoms with Gasteiger partial charge in [0.2, 0.25) is 17.7 Å². The highest BCUT2D eigenvalue weighted by atomic mass is 32.1. The lowest BCUT2D eigenvalue weighted by Gasteiger charge is -2.28. The van der Waals surface area contributed by atoms with Crippen molar-refractivity contribution in [3.63, 3.8) is 0 Å². The van der Waals surface area contributed by atoms with Gasteiger partial charge in [0.1, 0.15) is 23.7 Å². The van der Waals surface area contributed by atoms with Crippen LogP contribution in [-0.2, 0) is 25.6 Å². The number of carboxylic acids is 1. The maximum atomic E-state index is 13.5. The molecule has 6 aromatic rings. The van der Waals surface area contributed by atoms with Crippen molar-refractivity contribution < 1.29 is 39.0 Å². The third-order valence-corrected chi connectivity index (χ3v) is 12.6. The predicted octanol–water partition coefficient (Wildman–Crippen LogP) is 6.25. The first-order chi connectivity index (χ1) is 33.7. The number of aromatic carboxylic acids is 1. The second-order valence-corrected chi connectivity index (χ2v) is 17.6. The maximum absolute atomic E-state index is 13.5. The number of carboxylic acid groups (broad SMARTS) is 1. The highest BCUT2D eigenvalue weighted by Gasteiger charge is 2.41. The number of thiazole rings is 1. The Kier molecular flexibility index (Phi) is 16.0. The first-order valence-electron chi connectivity index (χ1n) is 22.4. The molecule has 1 saturated heterocycles. The molecule has 0 bridgehead atoms. The molecular weight excluding hydrogens is 913 g/mol. The quantitative estimate of drug-likeness (QED) is 0.0317. The van der Waals surface area contributed by atoms with Crippen LogP contribution in [0.3, 0.4) is 0 Å². The molecule has 0 saturated carbocycles. The molecule has 0 spiro atoms. The van der Waals surface area contributed by atoms with Gasteiger partial charge in [-0.2, -0.15) is 5.26 Å². The van der Waals surface area contributed by atoms with Gasteiger partial charge in [-0.05, 0) is 111 Å². The molecule has 358 valence electrons. The number of aromatic nitrogens is 4. The molecule has 4 atom stereocenters. The summed E-state index contributed by atoms with van der Waals surface area (Å²) < 4.78 is 1.57. The summed E-state index contributed by atoms with van der Waals surface area (Å²) in [5, 5.41) is 49.0. The number of aliphatic hydroxyl groups is 1. The highest BCUT2D eigenvalue weighted by molar-refractivity contribution is 7.13. The lowest BCUT2D eigenvalue weighted by Crippen LogP contribution is -2.52. The SMILES string of the molecule is Cc1ncsc1-c1ccc([C@H](C)NC(=O)[C@@H]2C[C@@H](O)CN2C(=O)[C@H](C)NC(=O)CCCCc2cn(-c3ccc(C(=O)Nc4cccc(/C=C(\C#N)C(=O)Nc5ccccc5C(=O)O)c4)cc3)nn2)cc1. The Morgan fingerprint density at radius 1 is 0.929 bits per heavy atom. The minimum atomic E-state index is -1.23. The van der Waals surface area contributed by atoms with Crippen molar-refractivity contribution in [3.05, 3.63) is 148 Å².